The smallest absolute Gasteiger partial charge is 0.373 e. The summed E-state index contributed by atoms with van der Waals surface area (Å²) in [4.78, 5) is 18.7. The number of aryl methyl sites for hydroxylation is 1. The zero-order valence-electron chi connectivity index (χ0n) is 9.21. The minimum atomic E-state index is -1.12. The fourth-order valence-electron chi connectivity index (χ4n) is 1.52. The van der Waals surface area contributed by atoms with E-state index in [0.717, 1.165) is 16.4 Å². The molecule has 2 rings (SSSR count). The lowest BCUT2D eigenvalue weighted by Crippen LogP contribution is -2.06. The quantitative estimate of drug-likeness (QED) is 0.818. The molecule has 0 radical (unpaired) electrons. The number of benzene rings is 1. The second-order valence-corrected chi connectivity index (χ2v) is 4.32. The van der Waals surface area contributed by atoms with E-state index in [1.54, 1.807) is 0 Å². The van der Waals surface area contributed by atoms with Gasteiger partial charge in [0, 0.05) is 11.8 Å². The van der Waals surface area contributed by atoms with Crippen LogP contribution in [0.2, 0.25) is 0 Å². The number of hydrogen-bond donors (Lipinski definition) is 1. The summed E-state index contributed by atoms with van der Waals surface area (Å²) >= 11 is 0. The normalized spacial score (nSPS) is 10.2. The van der Waals surface area contributed by atoms with Crippen LogP contribution in [-0.2, 0) is 0 Å². The van der Waals surface area contributed by atoms with E-state index in [9.17, 15) is 4.79 Å². The summed E-state index contributed by atoms with van der Waals surface area (Å²) < 4.78 is 0. The van der Waals surface area contributed by atoms with Gasteiger partial charge >= 0.3 is 5.97 Å². The zero-order chi connectivity index (χ0) is 12.4. The highest BCUT2D eigenvalue weighted by atomic mass is 31.0. The number of carboxylic acid groups (broad SMARTS) is 1. The van der Waals surface area contributed by atoms with Crippen LogP contribution in [-0.4, -0.2) is 21.0 Å². The molecule has 4 nitrogen and oxygen atoms in total. The van der Waals surface area contributed by atoms with Gasteiger partial charge in [-0.05, 0) is 23.9 Å². The Morgan fingerprint density at radius 1 is 1.41 bits per heavy atom. The first-order chi connectivity index (χ1) is 8.08. The zero-order valence-corrected chi connectivity index (χ0v) is 10.4. The molecule has 1 aromatic heterocycles. The van der Waals surface area contributed by atoms with Crippen molar-refractivity contribution in [3.05, 3.63) is 41.9 Å². The van der Waals surface area contributed by atoms with Crippen LogP contribution in [0.3, 0.4) is 0 Å². The molecule has 1 aromatic carbocycles. The third-order valence-corrected chi connectivity index (χ3v) is 2.68. The van der Waals surface area contributed by atoms with E-state index in [1.165, 1.54) is 6.20 Å². The van der Waals surface area contributed by atoms with Crippen LogP contribution >= 0.6 is 9.24 Å². The monoisotopic (exact) mass is 246 g/mol. The molecule has 1 N–H and O–H groups in total. The van der Waals surface area contributed by atoms with Crippen molar-refractivity contribution in [2.75, 3.05) is 0 Å². The molecule has 0 aliphatic carbocycles. The summed E-state index contributed by atoms with van der Waals surface area (Å²) in [6.45, 7) is 1.86. The van der Waals surface area contributed by atoms with Crippen molar-refractivity contribution in [3.8, 4) is 11.3 Å². The maximum Gasteiger partial charge on any atom is 0.373 e. The van der Waals surface area contributed by atoms with Crippen molar-refractivity contribution in [2.24, 2.45) is 0 Å². The van der Waals surface area contributed by atoms with E-state index < -0.39 is 5.97 Å². The Hall–Kier alpha value is -1.80. The molecule has 0 saturated heterocycles. The third kappa shape index (κ3) is 2.48. The van der Waals surface area contributed by atoms with Gasteiger partial charge in [0.2, 0.25) is 5.82 Å². The van der Waals surface area contributed by atoms with E-state index in [2.05, 4.69) is 19.2 Å². The average Bonchev–Trinajstić information content (AvgIpc) is 2.29. The van der Waals surface area contributed by atoms with Gasteiger partial charge in [0.15, 0.2) is 0 Å². The molecule has 0 spiro atoms. The average molecular weight is 246 g/mol. The van der Waals surface area contributed by atoms with Crippen LogP contribution < -0.4 is 5.30 Å². The van der Waals surface area contributed by atoms with E-state index in [1.807, 2.05) is 31.2 Å². The molecule has 1 atom stereocenters. The van der Waals surface area contributed by atoms with Gasteiger partial charge < -0.3 is 5.11 Å². The van der Waals surface area contributed by atoms with Crippen molar-refractivity contribution < 1.29 is 9.90 Å². The van der Waals surface area contributed by atoms with Gasteiger partial charge in [0.25, 0.3) is 0 Å². The van der Waals surface area contributed by atoms with Crippen molar-refractivity contribution in [1.29, 1.82) is 0 Å². The molecule has 0 aliphatic rings. The van der Waals surface area contributed by atoms with Crippen LogP contribution in [0.15, 0.2) is 30.5 Å². The van der Waals surface area contributed by atoms with Crippen LogP contribution in [0.1, 0.15) is 16.2 Å². The van der Waals surface area contributed by atoms with Gasteiger partial charge in [0.05, 0.1) is 5.69 Å². The van der Waals surface area contributed by atoms with Gasteiger partial charge in [-0.3, -0.25) is 0 Å². The summed E-state index contributed by atoms with van der Waals surface area (Å²) in [6.07, 6.45) is 1.53. The summed E-state index contributed by atoms with van der Waals surface area (Å²) in [5.41, 5.74) is 2.40. The molecule has 0 aliphatic heterocycles. The Kier molecular flexibility index (Phi) is 3.16. The molecule has 1 unspecified atom stereocenters. The van der Waals surface area contributed by atoms with Crippen LogP contribution in [0.4, 0.5) is 0 Å². The molecule has 0 bridgehead atoms. The Morgan fingerprint density at radius 3 is 2.82 bits per heavy atom. The van der Waals surface area contributed by atoms with E-state index >= 15 is 0 Å². The molecule has 2 aromatic rings. The van der Waals surface area contributed by atoms with Gasteiger partial charge in [-0.15, -0.1) is 9.24 Å². The van der Waals surface area contributed by atoms with E-state index in [-0.39, 0.29) is 5.82 Å². The molecule has 0 amide bonds. The largest absolute Gasteiger partial charge is 0.475 e. The maximum atomic E-state index is 10.8. The molecule has 1 heterocycles. The fourth-order valence-corrected chi connectivity index (χ4v) is 1.81. The Morgan fingerprint density at radius 2 is 2.18 bits per heavy atom. The highest BCUT2D eigenvalue weighted by Crippen LogP contribution is 2.19. The third-order valence-electron chi connectivity index (χ3n) is 2.32. The van der Waals surface area contributed by atoms with Gasteiger partial charge in [-0.25, -0.2) is 14.8 Å². The fraction of sp³-hybridized carbons (Fsp3) is 0.0833. The topological polar surface area (TPSA) is 63.1 Å². The van der Waals surface area contributed by atoms with Crippen molar-refractivity contribution in [3.63, 3.8) is 0 Å². The lowest BCUT2D eigenvalue weighted by Gasteiger charge is -2.06. The van der Waals surface area contributed by atoms with Gasteiger partial charge in [0.1, 0.15) is 0 Å². The second kappa shape index (κ2) is 4.60. The molecular weight excluding hydrogens is 235 g/mol. The Balaban J connectivity index is 2.58. The predicted octanol–water partition coefficient (Wildman–Crippen LogP) is 1.65. The minimum Gasteiger partial charge on any atom is -0.475 e. The second-order valence-electron chi connectivity index (χ2n) is 3.66. The Labute approximate surface area is 101 Å². The Bertz CT molecular complexity index is 584. The summed E-state index contributed by atoms with van der Waals surface area (Å²) in [5.74, 6) is -1.30. The summed E-state index contributed by atoms with van der Waals surface area (Å²) in [7, 11) is 2.60. The first-order valence-electron chi connectivity index (χ1n) is 5.01. The lowest BCUT2D eigenvalue weighted by molar-refractivity contribution is 0.0683. The molecule has 17 heavy (non-hydrogen) atoms. The number of aromatic carboxylic acids is 1. The molecule has 0 fully saturated rings. The number of carbonyl (C=O) groups is 1. The number of carboxylic acids is 1. The lowest BCUT2D eigenvalue weighted by atomic mass is 10.1. The standard InChI is InChI=1S/C12H11N2O2P/c1-7-6-13-11(12(15)16)14-10(7)8-3-2-4-9(17)5-8/h2-6H,17H2,1H3,(H,15,16). The molecule has 0 saturated carbocycles. The number of rotatable bonds is 2. The molecule has 86 valence electrons. The number of aromatic nitrogens is 2. The molecular formula is C12H11N2O2P. The van der Waals surface area contributed by atoms with Gasteiger partial charge in [-0.2, -0.15) is 0 Å². The maximum absolute atomic E-state index is 10.8. The van der Waals surface area contributed by atoms with Crippen LogP contribution in [0.5, 0.6) is 0 Å². The van der Waals surface area contributed by atoms with Crippen LogP contribution in [0, 0.1) is 6.92 Å². The SMILES string of the molecule is Cc1cnc(C(=O)O)nc1-c1cccc(P)c1. The number of hydrogen-bond acceptors (Lipinski definition) is 3. The van der Waals surface area contributed by atoms with Crippen molar-refractivity contribution in [2.45, 2.75) is 6.92 Å². The first kappa shape index (κ1) is 11.7. The highest BCUT2D eigenvalue weighted by molar-refractivity contribution is 7.27. The minimum absolute atomic E-state index is 0.181. The summed E-state index contributed by atoms with van der Waals surface area (Å²) in [6, 6.07) is 7.68. The first-order valence-corrected chi connectivity index (χ1v) is 5.58. The van der Waals surface area contributed by atoms with E-state index in [4.69, 9.17) is 5.11 Å². The predicted molar refractivity (Wildman–Crippen MR) is 68.5 cm³/mol. The summed E-state index contributed by atoms with van der Waals surface area (Å²) in [5, 5.41) is 9.90. The van der Waals surface area contributed by atoms with Crippen molar-refractivity contribution >= 4 is 20.5 Å². The van der Waals surface area contributed by atoms with Crippen LogP contribution in [0.25, 0.3) is 11.3 Å². The van der Waals surface area contributed by atoms with Gasteiger partial charge in [-0.1, -0.05) is 18.2 Å². The molecule has 5 heteroatoms. The van der Waals surface area contributed by atoms with Crippen molar-refractivity contribution in [1.82, 2.24) is 9.97 Å². The number of nitrogens with zero attached hydrogens (tertiary/aromatic N) is 2. The van der Waals surface area contributed by atoms with E-state index in [0.29, 0.717) is 5.69 Å². The highest BCUT2D eigenvalue weighted by Gasteiger charge is 2.11.